The summed E-state index contributed by atoms with van der Waals surface area (Å²) in [5.74, 6) is 1.61. The van der Waals surface area contributed by atoms with Gasteiger partial charge in [-0.3, -0.25) is 5.41 Å². The quantitative estimate of drug-likeness (QED) is 0.188. The monoisotopic (exact) mass is 405 g/mol. The van der Waals surface area contributed by atoms with E-state index in [0.717, 1.165) is 18.4 Å². The van der Waals surface area contributed by atoms with Gasteiger partial charge in [-0.25, -0.2) is 0 Å². The zero-order valence-electron chi connectivity index (χ0n) is 19.8. The van der Waals surface area contributed by atoms with Crippen LogP contribution in [0.3, 0.4) is 0 Å². The van der Waals surface area contributed by atoms with Crippen LogP contribution in [-0.4, -0.2) is 29.5 Å². The average Bonchev–Trinajstić information content (AvgIpc) is 2.73. The summed E-state index contributed by atoms with van der Waals surface area (Å²) < 4.78 is 0. The Bertz CT molecular complexity index is 390. The lowest BCUT2D eigenvalue weighted by atomic mass is 9.89. The van der Waals surface area contributed by atoms with E-state index in [4.69, 9.17) is 5.41 Å². The normalized spacial score (nSPS) is 18.9. The first-order valence-corrected chi connectivity index (χ1v) is 13.3. The van der Waals surface area contributed by atoms with E-state index >= 15 is 0 Å². The predicted molar refractivity (Wildman–Crippen MR) is 128 cm³/mol. The summed E-state index contributed by atoms with van der Waals surface area (Å²) in [6.45, 7) is 5.65. The zero-order valence-corrected chi connectivity index (χ0v) is 19.8. The van der Waals surface area contributed by atoms with Crippen LogP contribution in [0.4, 0.5) is 0 Å². The first-order valence-electron chi connectivity index (χ1n) is 13.3. The van der Waals surface area contributed by atoms with Crippen LogP contribution in [0.1, 0.15) is 136 Å². The number of nitrogens with one attached hydrogen (secondary N) is 2. The van der Waals surface area contributed by atoms with E-state index < -0.39 is 0 Å². The molecule has 0 spiro atoms. The van der Waals surface area contributed by atoms with Crippen molar-refractivity contribution >= 4 is 5.96 Å². The number of unbranched alkanes of at least 4 members (excludes halogenated alkanes) is 7. The molecule has 0 bridgehead atoms. The topological polar surface area (TPSA) is 39.1 Å². The molecule has 3 heteroatoms. The minimum Gasteiger partial charge on any atom is -0.356 e. The molecular weight excluding hydrogens is 354 g/mol. The fourth-order valence-corrected chi connectivity index (χ4v) is 5.42. The van der Waals surface area contributed by atoms with Gasteiger partial charge in [-0.05, 0) is 38.0 Å². The fraction of sp³-hybridized carbons (Fsp3) is 0.962. The molecule has 0 aromatic carbocycles. The van der Waals surface area contributed by atoms with Crippen molar-refractivity contribution in [1.29, 1.82) is 5.41 Å². The molecule has 0 aromatic rings. The molecule has 2 rings (SSSR count). The Hall–Kier alpha value is -0.730. The second-order valence-electron chi connectivity index (χ2n) is 10.3. The summed E-state index contributed by atoms with van der Waals surface area (Å²) in [6, 6.07) is 1.25. The maximum atomic E-state index is 8.77. The lowest BCUT2D eigenvalue weighted by Gasteiger charge is -2.43. The average molecular weight is 406 g/mol. The van der Waals surface area contributed by atoms with E-state index in [1.807, 2.05) is 0 Å². The molecule has 0 radical (unpaired) electrons. The smallest absolute Gasteiger partial charge is 0.191 e. The third kappa shape index (κ3) is 10.2. The van der Waals surface area contributed by atoms with Gasteiger partial charge in [0.1, 0.15) is 0 Å². The molecule has 0 amide bonds. The number of hydrogen-bond acceptors (Lipinski definition) is 1. The van der Waals surface area contributed by atoms with Crippen molar-refractivity contribution < 1.29 is 0 Å². The van der Waals surface area contributed by atoms with Crippen LogP contribution in [-0.2, 0) is 0 Å². The second kappa shape index (κ2) is 15.1. The Labute approximate surface area is 182 Å². The highest BCUT2D eigenvalue weighted by molar-refractivity contribution is 5.77. The van der Waals surface area contributed by atoms with Crippen LogP contribution < -0.4 is 5.32 Å². The Morgan fingerprint density at radius 2 is 1.17 bits per heavy atom. The summed E-state index contributed by atoms with van der Waals surface area (Å²) in [5.41, 5.74) is 0. The molecule has 170 valence electrons. The molecule has 0 aromatic heterocycles. The van der Waals surface area contributed by atoms with Crippen molar-refractivity contribution in [2.75, 3.05) is 6.54 Å². The van der Waals surface area contributed by atoms with E-state index in [-0.39, 0.29) is 0 Å². The molecule has 0 unspecified atom stereocenters. The van der Waals surface area contributed by atoms with Crippen LogP contribution in [0.25, 0.3) is 0 Å². The minimum atomic E-state index is 0.627. The van der Waals surface area contributed by atoms with Gasteiger partial charge in [0.05, 0.1) is 0 Å². The highest BCUT2D eigenvalue weighted by Gasteiger charge is 2.30. The third-order valence-electron chi connectivity index (χ3n) is 7.20. The molecule has 29 heavy (non-hydrogen) atoms. The molecule has 0 atom stereocenters. The third-order valence-corrected chi connectivity index (χ3v) is 7.20. The first-order chi connectivity index (χ1) is 14.2. The van der Waals surface area contributed by atoms with E-state index in [1.165, 1.54) is 122 Å². The molecule has 2 aliphatic carbocycles. The summed E-state index contributed by atoms with van der Waals surface area (Å²) >= 11 is 0. The standard InChI is InChI=1S/C26H51N3/c1-23(2)17-11-7-5-3-4-6-8-16-22-28-26(27)29(24-18-12-9-13-19-24)25-20-14-10-15-21-25/h23-25H,3-22H2,1-2H3,(H2,27,28). The molecule has 3 nitrogen and oxygen atoms in total. The molecule has 2 fully saturated rings. The van der Waals surface area contributed by atoms with Crippen LogP contribution in [0, 0.1) is 11.3 Å². The van der Waals surface area contributed by atoms with Gasteiger partial charge < -0.3 is 10.2 Å². The van der Waals surface area contributed by atoms with Gasteiger partial charge in [0.25, 0.3) is 0 Å². The Balaban J connectivity index is 1.57. The summed E-state index contributed by atoms with van der Waals surface area (Å²) in [7, 11) is 0. The highest BCUT2D eigenvalue weighted by atomic mass is 15.3. The molecule has 2 saturated carbocycles. The summed E-state index contributed by atoms with van der Waals surface area (Å²) in [6.07, 6.45) is 25.8. The first kappa shape index (κ1) is 24.5. The van der Waals surface area contributed by atoms with Crippen LogP contribution in [0.2, 0.25) is 0 Å². The van der Waals surface area contributed by atoms with E-state index in [1.54, 1.807) is 0 Å². The Morgan fingerprint density at radius 1 is 0.724 bits per heavy atom. The number of nitrogens with zero attached hydrogens (tertiary/aromatic N) is 1. The van der Waals surface area contributed by atoms with Gasteiger partial charge in [0, 0.05) is 18.6 Å². The Morgan fingerprint density at radius 3 is 1.66 bits per heavy atom. The highest BCUT2D eigenvalue weighted by Crippen LogP contribution is 2.30. The summed E-state index contributed by atoms with van der Waals surface area (Å²) in [4.78, 5) is 2.52. The van der Waals surface area contributed by atoms with Crippen molar-refractivity contribution in [3.8, 4) is 0 Å². The van der Waals surface area contributed by atoms with E-state index in [0.29, 0.717) is 12.1 Å². The maximum Gasteiger partial charge on any atom is 0.191 e. The SMILES string of the molecule is CC(C)CCCCCCCCCCNC(=N)N(C1CCCCC1)C1CCCCC1. The van der Waals surface area contributed by atoms with Crippen molar-refractivity contribution in [1.82, 2.24) is 10.2 Å². The van der Waals surface area contributed by atoms with Crippen LogP contribution >= 0.6 is 0 Å². The fourth-order valence-electron chi connectivity index (χ4n) is 5.42. The van der Waals surface area contributed by atoms with Gasteiger partial charge in [0.15, 0.2) is 5.96 Å². The lowest BCUT2D eigenvalue weighted by molar-refractivity contribution is 0.151. The zero-order chi connectivity index (χ0) is 20.7. The van der Waals surface area contributed by atoms with Crippen molar-refractivity contribution in [2.24, 2.45) is 5.92 Å². The molecule has 0 saturated heterocycles. The van der Waals surface area contributed by atoms with Crippen LogP contribution in [0.15, 0.2) is 0 Å². The Kier molecular flexibility index (Phi) is 12.8. The number of rotatable bonds is 13. The molecular formula is C26H51N3. The van der Waals surface area contributed by atoms with Crippen molar-refractivity contribution in [3.63, 3.8) is 0 Å². The molecule has 2 aliphatic rings. The predicted octanol–water partition coefficient (Wildman–Crippen LogP) is 7.65. The van der Waals surface area contributed by atoms with Gasteiger partial charge in [-0.1, -0.05) is 104 Å². The lowest BCUT2D eigenvalue weighted by Crippen LogP contribution is -2.53. The number of hydrogen-bond donors (Lipinski definition) is 2. The van der Waals surface area contributed by atoms with Gasteiger partial charge >= 0.3 is 0 Å². The van der Waals surface area contributed by atoms with Crippen molar-refractivity contribution in [3.05, 3.63) is 0 Å². The minimum absolute atomic E-state index is 0.627. The second-order valence-corrected chi connectivity index (χ2v) is 10.3. The van der Waals surface area contributed by atoms with Crippen molar-refractivity contribution in [2.45, 2.75) is 148 Å². The van der Waals surface area contributed by atoms with Crippen LogP contribution in [0.5, 0.6) is 0 Å². The van der Waals surface area contributed by atoms with E-state index in [9.17, 15) is 0 Å². The maximum absolute atomic E-state index is 8.77. The van der Waals surface area contributed by atoms with Gasteiger partial charge in [0.2, 0.25) is 0 Å². The molecule has 2 N–H and O–H groups in total. The van der Waals surface area contributed by atoms with Gasteiger partial charge in [-0.2, -0.15) is 0 Å². The van der Waals surface area contributed by atoms with E-state index in [2.05, 4.69) is 24.1 Å². The largest absolute Gasteiger partial charge is 0.356 e. The molecule has 0 aliphatic heterocycles. The van der Waals surface area contributed by atoms with Gasteiger partial charge in [-0.15, -0.1) is 0 Å². The number of guanidine groups is 1. The molecule has 0 heterocycles. The summed E-state index contributed by atoms with van der Waals surface area (Å²) in [5, 5.41) is 12.3.